The number of pyridine rings is 1. The van der Waals surface area contributed by atoms with Gasteiger partial charge >= 0.3 is 0 Å². The zero-order valence-electron chi connectivity index (χ0n) is 14.8. The Kier molecular flexibility index (Phi) is 15.6. The molecule has 1 aromatic rings. The Labute approximate surface area is 130 Å². The van der Waals surface area contributed by atoms with Crippen molar-refractivity contribution in [3.05, 3.63) is 23.5 Å². The lowest BCUT2D eigenvalue weighted by Crippen LogP contribution is -2.19. The van der Waals surface area contributed by atoms with E-state index in [0.29, 0.717) is 17.7 Å². The summed E-state index contributed by atoms with van der Waals surface area (Å²) in [5.74, 6) is 0.666. The van der Waals surface area contributed by atoms with E-state index in [4.69, 9.17) is 4.74 Å². The van der Waals surface area contributed by atoms with E-state index in [1.165, 1.54) is 25.9 Å². The lowest BCUT2D eigenvalue weighted by molar-refractivity contribution is 0.111. The van der Waals surface area contributed by atoms with Crippen LogP contribution in [0.25, 0.3) is 0 Å². The molecule has 0 bridgehead atoms. The van der Waals surface area contributed by atoms with Gasteiger partial charge in [-0.3, -0.25) is 9.78 Å². The van der Waals surface area contributed by atoms with E-state index in [9.17, 15) is 4.79 Å². The summed E-state index contributed by atoms with van der Waals surface area (Å²) in [7, 11) is 3.73. The molecule has 0 aromatic carbocycles. The molecule has 0 aliphatic carbocycles. The number of aldehydes is 1. The van der Waals surface area contributed by atoms with Crippen molar-refractivity contribution in [2.24, 2.45) is 0 Å². The largest absolute Gasteiger partial charge is 0.497 e. The Morgan fingerprint density at radius 3 is 2.10 bits per heavy atom. The van der Waals surface area contributed by atoms with Crippen LogP contribution in [0.4, 0.5) is 0 Å². The van der Waals surface area contributed by atoms with Crippen LogP contribution in [0.15, 0.2) is 12.1 Å². The molecule has 0 radical (unpaired) electrons. The molecule has 21 heavy (non-hydrogen) atoms. The van der Waals surface area contributed by atoms with Crippen molar-refractivity contribution < 1.29 is 9.53 Å². The number of aryl methyl sites for hydroxylation is 1. The normalized spacial score (nSPS) is 9.14. The number of rotatable bonds is 6. The van der Waals surface area contributed by atoms with E-state index in [1.54, 1.807) is 19.2 Å². The van der Waals surface area contributed by atoms with Crippen LogP contribution in [0.1, 0.15) is 56.7 Å². The minimum atomic E-state index is 0.404. The molecule has 0 saturated carbocycles. The van der Waals surface area contributed by atoms with Gasteiger partial charge in [0.05, 0.1) is 7.11 Å². The molecular formula is C17H32N2O2. The summed E-state index contributed by atoms with van der Waals surface area (Å²) >= 11 is 0. The van der Waals surface area contributed by atoms with Crippen LogP contribution < -0.4 is 4.74 Å². The predicted molar refractivity (Wildman–Crippen MR) is 90.3 cm³/mol. The van der Waals surface area contributed by atoms with Gasteiger partial charge in [-0.25, -0.2) is 0 Å². The minimum absolute atomic E-state index is 0.404. The first kappa shape index (κ1) is 21.9. The highest BCUT2D eigenvalue weighted by molar-refractivity contribution is 5.72. The molecule has 4 heteroatoms. The van der Waals surface area contributed by atoms with Gasteiger partial charge in [0.1, 0.15) is 11.4 Å². The van der Waals surface area contributed by atoms with Gasteiger partial charge in [-0.15, -0.1) is 0 Å². The predicted octanol–water partition coefficient (Wildman–Crippen LogP) is 3.98. The molecule has 0 N–H and O–H groups in total. The first-order chi connectivity index (χ1) is 10.1. The van der Waals surface area contributed by atoms with Crippen molar-refractivity contribution in [1.82, 2.24) is 9.88 Å². The highest BCUT2D eigenvalue weighted by atomic mass is 16.5. The van der Waals surface area contributed by atoms with Crippen LogP contribution >= 0.6 is 0 Å². The maximum absolute atomic E-state index is 10.3. The van der Waals surface area contributed by atoms with Crippen LogP contribution in [0.5, 0.6) is 5.75 Å². The second kappa shape index (κ2) is 15.0. The van der Waals surface area contributed by atoms with E-state index in [1.807, 2.05) is 20.8 Å². The fourth-order valence-electron chi connectivity index (χ4n) is 1.71. The number of hydrogen-bond acceptors (Lipinski definition) is 4. The number of carbonyl (C=O) groups excluding carboxylic acids is 1. The van der Waals surface area contributed by atoms with Crippen molar-refractivity contribution in [2.75, 3.05) is 27.2 Å². The van der Waals surface area contributed by atoms with Crippen molar-refractivity contribution in [1.29, 1.82) is 0 Å². The van der Waals surface area contributed by atoms with Gasteiger partial charge < -0.3 is 9.64 Å². The Balaban J connectivity index is 0. The second-order valence-corrected chi connectivity index (χ2v) is 4.49. The third-order valence-electron chi connectivity index (χ3n) is 2.51. The fraction of sp³-hybridized carbons (Fsp3) is 0.647. The quantitative estimate of drug-likeness (QED) is 0.745. The Morgan fingerprint density at radius 1 is 1.19 bits per heavy atom. The average molecular weight is 296 g/mol. The van der Waals surface area contributed by atoms with Gasteiger partial charge in [0, 0.05) is 17.8 Å². The molecule has 122 valence electrons. The van der Waals surface area contributed by atoms with Crippen molar-refractivity contribution in [3.8, 4) is 5.75 Å². The molecule has 1 heterocycles. The van der Waals surface area contributed by atoms with Gasteiger partial charge in [0.2, 0.25) is 0 Å². The number of ether oxygens (including phenoxy) is 1. The third-order valence-corrected chi connectivity index (χ3v) is 2.51. The lowest BCUT2D eigenvalue weighted by atomic mass is 10.3. The summed E-state index contributed by atoms with van der Waals surface area (Å²) in [5, 5.41) is 0. The van der Waals surface area contributed by atoms with Gasteiger partial charge in [0.15, 0.2) is 6.29 Å². The molecule has 1 aromatic heterocycles. The van der Waals surface area contributed by atoms with Crippen LogP contribution in [0, 0.1) is 6.92 Å². The standard InChI is InChI=1S/C8H9NO2.C7H17N.C2H6/c1-6-3-8(11-2)4-7(5-10)9-6;1-4-6-8(3)7-5-2;1-2/h3-5H,1-2H3;4-7H2,1-3H3;1-2H3. The van der Waals surface area contributed by atoms with Crippen LogP contribution in [-0.4, -0.2) is 43.4 Å². The van der Waals surface area contributed by atoms with Gasteiger partial charge in [0.25, 0.3) is 0 Å². The average Bonchev–Trinajstić information content (AvgIpc) is 2.49. The van der Waals surface area contributed by atoms with E-state index < -0.39 is 0 Å². The molecule has 0 spiro atoms. The highest BCUT2D eigenvalue weighted by Gasteiger charge is 1.97. The SMILES string of the molecule is CC.CCCN(C)CCC.COc1cc(C)nc(C=O)c1. The minimum Gasteiger partial charge on any atom is -0.497 e. The lowest BCUT2D eigenvalue weighted by Gasteiger charge is -2.12. The smallest absolute Gasteiger partial charge is 0.168 e. The summed E-state index contributed by atoms with van der Waals surface area (Å²) in [6.45, 7) is 12.7. The maximum atomic E-state index is 10.3. The fourth-order valence-corrected chi connectivity index (χ4v) is 1.71. The monoisotopic (exact) mass is 296 g/mol. The van der Waals surface area contributed by atoms with Crippen molar-refractivity contribution in [2.45, 2.75) is 47.5 Å². The summed E-state index contributed by atoms with van der Waals surface area (Å²) in [5.41, 5.74) is 1.19. The second-order valence-electron chi connectivity index (χ2n) is 4.49. The number of carbonyl (C=O) groups is 1. The van der Waals surface area contributed by atoms with Crippen LogP contribution in [0.2, 0.25) is 0 Å². The van der Waals surface area contributed by atoms with Crippen molar-refractivity contribution in [3.63, 3.8) is 0 Å². The van der Waals surface area contributed by atoms with Gasteiger partial charge in [-0.2, -0.15) is 0 Å². The summed E-state index contributed by atoms with van der Waals surface area (Å²) in [4.78, 5) is 16.6. The Morgan fingerprint density at radius 2 is 1.71 bits per heavy atom. The van der Waals surface area contributed by atoms with Gasteiger partial charge in [-0.1, -0.05) is 27.7 Å². The van der Waals surface area contributed by atoms with E-state index in [0.717, 1.165) is 5.69 Å². The van der Waals surface area contributed by atoms with Crippen molar-refractivity contribution >= 4 is 6.29 Å². The molecule has 1 rings (SSSR count). The number of aromatic nitrogens is 1. The van der Waals surface area contributed by atoms with E-state index in [-0.39, 0.29) is 0 Å². The Bertz CT molecular complexity index is 362. The van der Waals surface area contributed by atoms with Crippen LogP contribution in [-0.2, 0) is 0 Å². The molecule has 0 atom stereocenters. The molecule has 0 saturated heterocycles. The molecule has 0 amide bonds. The first-order valence-corrected chi connectivity index (χ1v) is 7.73. The first-order valence-electron chi connectivity index (χ1n) is 7.73. The number of hydrogen-bond donors (Lipinski definition) is 0. The molecule has 0 unspecified atom stereocenters. The summed E-state index contributed by atoms with van der Waals surface area (Å²) in [6, 6.07) is 3.37. The highest BCUT2D eigenvalue weighted by Crippen LogP contribution is 2.11. The van der Waals surface area contributed by atoms with E-state index >= 15 is 0 Å². The molecule has 0 fully saturated rings. The summed E-state index contributed by atoms with van der Waals surface area (Å²) in [6.07, 6.45) is 3.25. The van der Waals surface area contributed by atoms with Gasteiger partial charge in [-0.05, 0) is 39.9 Å². The van der Waals surface area contributed by atoms with E-state index in [2.05, 4.69) is 30.8 Å². The zero-order valence-corrected chi connectivity index (χ0v) is 14.8. The molecule has 0 aliphatic heterocycles. The number of methoxy groups -OCH3 is 1. The zero-order chi connectivity index (χ0) is 16.7. The maximum Gasteiger partial charge on any atom is 0.168 e. The third kappa shape index (κ3) is 12.1. The summed E-state index contributed by atoms with van der Waals surface area (Å²) < 4.78 is 4.94. The topological polar surface area (TPSA) is 42.4 Å². The molecule has 4 nitrogen and oxygen atoms in total. The van der Waals surface area contributed by atoms with Crippen LogP contribution in [0.3, 0.4) is 0 Å². The number of nitrogens with zero attached hydrogens (tertiary/aromatic N) is 2. The Hall–Kier alpha value is -1.42. The molecule has 0 aliphatic rings. The molecular weight excluding hydrogens is 264 g/mol.